The van der Waals surface area contributed by atoms with Crippen LogP contribution in [0.4, 0.5) is 4.39 Å². The van der Waals surface area contributed by atoms with Gasteiger partial charge in [-0.1, -0.05) is 30.3 Å². The van der Waals surface area contributed by atoms with Gasteiger partial charge in [-0.15, -0.1) is 0 Å². The summed E-state index contributed by atoms with van der Waals surface area (Å²) in [4.78, 5) is 19.4. The Morgan fingerprint density at radius 3 is 2.75 bits per heavy atom. The van der Waals surface area contributed by atoms with Gasteiger partial charge in [0.05, 0.1) is 6.33 Å². The third-order valence-corrected chi connectivity index (χ3v) is 5.84. The summed E-state index contributed by atoms with van der Waals surface area (Å²) < 4.78 is 22.0. The fourth-order valence-corrected chi connectivity index (χ4v) is 4.15. The minimum absolute atomic E-state index is 0.0413. The van der Waals surface area contributed by atoms with Crippen LogP contribution in [0, 0.1) is 5.82 Å². The normalized spacial score (nSPS) is 14.5. The number of ether oxygens (including phenoxy) is 1. The van der Waals surface area contributed by atoms with Crippen LogP contribution in [0.25, 0.3) is 11.1 Å². The minimum atomic E-state index is -0.316. The summed E-state index contributed by atoms with van der Waals surface area (Å²) in [5, 5.41) is 9.22. The molecule has 0 radical (unpaired) electrons. The predicted octanol–water partition coefficient (Wildman–Crippen LogP) is 3.58. The number of aromatic nitrogens is 2. The van der Waals surface area contributed by atoms with E-state index >= 15 is 0 Å². The number of carbonyl (C=O) groups is 1. The highest BCUT2D eigenvalue weighted by atomic mass is 19.1. The summed E-state index contributed by atoms with van der Waals surface area (Å²) in [7, 11) is 1.83. The van der Waals surface area contributed by atoms with Crippen molar-refractivity contribution in [2.24, 2.45) is 7.05 Å². The van der Waals surface area contributed by atoms with Crippen LogP contribution in [-0.2, 0) is 24.8 Å². The van der Waals surface area contributed by atoms with Crippen molar-refractivity contribution in [3.8, 4) is 11.1 Å². The average molecular weight is 438 g/mol. The van der Waals surface area contributed by atoms with E-state index in [-0.39, 0.29) is 24.4 Å². The molecule has 0 bridgehead atoms. The molecule has 0 aliphatic carbocycles. The van der Waals surface area contributed by atoms with Crippen molar-refractivity contribution in [1.29, 1.82) is 0 Å². The Kier molecular flexibility index (Phi) is 6.97. The first-order chi connectivity index (χ1) is 15.5. The lowest BCUT2D eigenvalue weighted by molar-refractivity contribution is 0.0264. The van der Waals surface area contributed by atoms with Gasteiger partial charge in [0.2, 0.25) is 0 Å². The van der Waals surface area contributed by atoms with Crippen molar-refractivity contribution in [3.05, 3.63) is 77.6 Å². The number of carbonyl (C=O) groups excluding carboxylic acids is 1. The maximum absolute atomic E-state index is 14.7. The predicted molar refractivity (Wildman–Crippen MR) is 120 cm³/mol. The monoisotopic (exact) mass is 437 g/mol. The van der Waals surface area contributed by atoms with E-state index < -0.39 is 0 Å². The lowest BCUT2D eigenvalue weighted by atomic mass is 9.98. The van der Waals surface area contributed by atoms with Crippen LogP contribution in [0.1, 0.15) is 34.5 Å². The highest BCUT2D eigenvalue weighted by molar-refractivity contribution is 5.92. The van der Waals surface area contributed by atoms with Crippen LogP contribution in [0.5, 0.6) is 0 Å². The van der Waals surface area contributed by atoms with Crippen molar-refractivity contribution >= 4 is 5.91 Å². The molecule has 0 saturated carbocycles. The molecule has 1 aliphatic heterocycles. The van der Waals surface area contributed by atoms with E-state index in [2.05, 4.69) is 4.98 Å². The van der Waals surface area contributed by atoms with E-state index in [0.29, 0.717) is 37.4 Å². The zero-order valence-electron chi connectivity index (χ0n) is 18.2. The first kappa shape index (κ1) is 22.2. The first-order valence-electron chi connectivity index (χ1n) is 10.9. The summed E-state index contributed by atoms with van der Waals surface area (Å²) in [6.45, 7) is 1.64. The van der Waals surface area contributed by atoms with E-state index in [1.54, 1.807) is 23.2 Å². The van der Waals surface area contributed by atoms with Gasteiger partial charge in [0.25, 0.3) is 5.91 Å². The fourth-order valence-electron chi connectivity index (χ4n) is 4.15. The summed E-state index contributed by atoms with van der Waals surface area (Å²) in [5.74, 6) is -0.447. The standard InChI is InChI=1S/C25H28FN3O3/c1-28-16-24(27-17-28)25(31)29(21-8-11-32-12-9-21)15-19-5-6-23(26)22(14-19)20-4-2-3-18(13-20)7-10-30/h2-6,13-14,16-17,21,30H,7-12,15H2,1H3. The van der Waals surface area contributed by atoms with Gasteiger partial charge in [-0.3, -0.25) is 4.79 Å². The molecule has 0 spiro atoms. The third kappa shape index (κ3) is 5.06. The molecule has 1 N–H and O–H groups in total. The largest absolute Gasteiger partial charge is 0.396 e. The zero-order chi connectivity index (χ0) is 22.5. The number of aliphatic hydroxyl groups is 1. The molecule has 3 aromatic rings. The lowest BCUT2D eigenvalue weighted by Crippen LogP contribution is -2.43. The molecule has 1 aliphatic rings. The second-order valence-corrected chi connectivity index (χ2v) is 8.19. The molecule has 4 rings (SSSR count). The van der Waals surface area contributed by atoms with Gasteiger partial charge in [-0.25, -0.2) is 9.37 Å². The van der Waals surface area contributed by atoms with E-state index in [1.807, 2.05) is 42.3 Å². The Hall–Kier alpha value is -3.03. The van der Waals surface area contributed by atoms with E-state index in [4.69, 9.17) is 4.74 Å². The Morgan fingerprint density at radius 2 is 2.03 bits per heavy atom. The number of aryl methyl sites for hydroxylation is 1. The molecule has 1 amide bonds. The molecule has 0 unspecified atom stereocenters. The number of nitrogens with zero attached hydrogens (tertiary/aromatic N) is 3. The van der Waals surface area contributed by atoms with Crippen LogP contribution in [0.15, 0.2) is 55.0 Å². The van der Waals surface area contributed by atoms with Gasteiger partial charge < -0.3 is 19.3 Å². The number of amides is 1. The highest BCUT2D eigenvalue weighted by Gasteiger charge is 2.28. The van der Waals surface area contributed by atoms with Crippen LogP contribution < -0.4 is 0 Å². The molecule has 1 fully saturated rings. The molecule has 6 nitrogen and oxygen atoms in total. The third-order valence-electron chi connectivity index (χ3n) is 5.84. The first-order valence-corrected chi connectivity index (χ1v) is 10.9. The van der Waals surface area contributed by atoms with E-state index in [9.17, 15) is 14.3 Å². The number of rotatable bonds is 7. The number of halogens is 1. The molecule has 2 aromatic carbocycles. The molecular weight excluding hydrogens is 409 g/mol. The molecular formula is C25H28FN3O3. The summed E-state index contributed by atoms with van der Waals surface area (Å²) in [6.07, 6.45) is 5.37. The number of aliphatic hydroxyl groups excluding tert-OH is 1. The van der Waals surface area contributed by atoms with Crippen LogP contribution in [0.3, 0.4) is 0 Å². The SMILES string of the molecule is Cn1cnc(C(=O)N(Cc2ccc(F)c(-c3cccc(CCO)c3)c2)C2CCOCC2)c1. The molecule has 0 atom stereocenters. The van der Waals surface area contributed by atoms with Gasteiger partial charge >= 0.3 is 0 Å². The minimum Gasteiger partial charge on any atom is -0.396 e. The van der Waals surface area contributed by atoms with Crippen LogP contribution in [0.2, 0.25) is 0 Å². The van der Waals surface area contributed by atoms with E-state index in [0.717, 1.165) is 29.5 Å². The van der Waals surface area contributed by atoms with Gasteiger partial charge in [-0.2, -0.15) is 0 Å². The van der Waals surface area contributed by atoms with Crippen molar-refractivity contribution < 1.29 is 19.0 Å². The molecule has 7 heteroatoms. The Labute approximate surface area is 187 Å². The van der Waals surface area contributed by atoms with Gasteiger partial charge in [0.15, 0.2) is 0 Å². The topological polar surface area (TPSA) is 67.6 Å². The highest BCUT2D eigenvalue weighted by Crippen LogP contribution is 2.27. The number of imidazole rings is 1. The Morgan fingerprint density at radius 1 is 1.22 bits per heavy atom. The van der Waals surface area contributed by atoms with E-state index in [1.165, 1.54) is 6.07 Å². The van der Waals surface area contributed by atoms with Crippen molar-refractivity contribution in [3.63, 3.8) is 0 Å². The van der Waals surface area contributed by atoms with Gasteiger partial charge in [0.1, 0.15) is 11.5 Å². The van der Waals surface area contributed by atoms with Crippen molar-refractivity contribution in [1.82, 2.24) is 14.5 Å². The summed E-state index contributed by atoms with van der Waals surface area (Å²) in [6, 6.07) is 12.6. The average Bonchev–Trinajstić information content (AvgIpc) is 3.25. The smallest absolute Gasteiger partial charge is 0.274 e. The fraction of sp³-hybridized carbons (Fsp3) is 0.360. The second-order valence-electron chi connectivity index (χ2n) is 8.19. The Bertz CT molecular complexity index is 1080. The zero-order valence-corrected chi connectivity index (χ0v) is 18.2. The van der Waals surface area contributed by atoms with Crippen LogP contribution >= 0.6 is 0 Å². The van der Waals surface area contributed by atoms with Crippen LogP contribution in [-0.4, -0.2) is 51.3 Å². The molecule has 168 valence electrons. The Balaban J connectivity index is 1.64. The molecule has 2 heterocycles. The summed E-state index contributed by atoms with van der Waals surface area (Å²) >= 11 is 0. The lowest BCUT2D eigenvalue weighted by Gasteiger charge is -2.34. The maximum Gasteiger partial charge on any atom is 0.274 e. The summed E-state index contributed by atoms with van der Waals surface area (Å²) in [5.41, 5.74) is 3.44. The van der Waals surface area contributed by atoms with Crippen molar-refractivity contribution in [2.45, 2.75) is 31.8 Å². The van der Waals surface area contributed by atoms with Gasteiger partial charge in [-0.05, 0) is 48.1 Å². The number of hydrogen-bond donors (Lipinski definition) is 1. The molecule has 32 heavy (non-hydrogen) atoms. The number of benzene rings is 2. The quantitative estimate of drug-likeness (QED) is 0.614. The molecule has 1 aromatic heterocycles. The van der Waals surface area contributed by atoms with Crippen molar-refractivity contribution in [2.75, 3.05) is 19.8 Å². The second kappa shape index (κ2) is 10.1. The molecule has 1 saturated heterocycles. The maximum atomic E-state index is 14.7. The van der Waals surface area contributed by atoms with Gasteiger partial charge in [0, 0.05) is 51.2 Å². The number of hydrogen-bond acceptors (Lipinski definition) is 4.